The number of hydrogen-bond donors (Lipinski definition) is 0. The van der Waals surface area contributed by atoms with Crippen molar-refractivity contribution in [2.75, 3.05) is 12.3 Å². The van der Waals surface area contributed by atoms with Gasteiger partial charge < -0.3 is 0 Å². The van der Waals surface area contributed by atoms with Gasteiger partial charge in [0.05, 0.1) is 0 Å². The molecule has 0 saturated carbocycles. The Hall–Kier alpha value is -3.48. The monoisotopic (exact) mass is 816 g/mol. The molecule has 2 unspecified atom stereocenters. The molecule has 5 aromatic rings. The van der Waals surface area contributed by atoms with E-state index in [4.69, 9.17) is 0 Å². The fourth-order valence-electron chi connectivity index (χ4n) is 7.12. The summed E-state index contributed by atoms with van der Waals surface area (Å²) in [4.78, 5) is 0. The van der Waals surface area contributed by atoms with Crippen molar-refractivity contribution in [3.8, 4) is 11.1 Å². The van der Waals surface area contributed by atoms with Crippen LogP contribution in [-0.2, 0) is 26.2 Å². The Labute approximate surface area is 314 Å². The molecule has 0 N–H and O–H groups in total. The first-order valence-electron chi connectivity index (χ1n) is 15.9. The zero-order valence-corrected chi connectivity index (χ0v) is 31.1. The van der Waals surface area contributed by atoms with E-state index in [9.17, 15) is 43.9 Å². The number of fused-ring (bicyclic) bond motifs is 4. The van der Waals surface area contributed by atoms with Gasteiger partial charge in [-0.25, -0.2) is 43.9 Å². The maximum atomic E-state index is 14.8. The minimum absolute atomic E-state index is 0. The van der Waals surface area contributed by atoms with E-state index >= 15 is 0 Å². The second-order valence-electron chi connectivity index (χ2n) is 12.0. The molecule has 0 radical (unpaired) electrons. The Kier molecular flexibility index (Phi) is 12.1. The van der Waals surface area contributed by atoms with E-state index in [2.05, 4.69) is 68.5 Å². The third kappa shape index (κ3) is 6.53. The summed E-state index contributed by atoms with van der Waals surface area (Å²) in [6.45, 7) is 3.42. The Morgan fingerprint density at radius 2 is 1.02 bits per heavy atom. The number of benzene rings is 5. The number of halogens is 10. The maximum absolute atomic E-state index is 14.8. The summed E-state index contributed by atoms with van der Waals surface area (Å²) in [6, 6.07) is 24.5. The van der Waals surface area contributed by atoms with Gasteiger partial charge in [0, 0.05) is 16.6 Å². The summed E-state index contributed by atoms with van der Waals surface area (Å²) in [5.41, 5.74) is 3.28. The standard InChI is InChI=1S/C22H8BF10.C17H18P.Zr/c1-7-6-8-4-2-3-5-9(8)10(7)23(11-13(24)17(28)21(32)18(29)14(11)25)12-15(26)19(30)22(33)20(31)16(12)27;1-3-18(4-2)17-15-11-7-5-9-13(15)14-10-6-8-12-16(14)17;/h2-5,10H,1H3;5-11,17H,3-4H2,1-2H3;/q2*-1;+2. The van der Waals surface area contributed by atoms with Gasteiger partial charge in [0.1, 0.15) is 0 Å². The van der Waals surface area contributed by atoms with Crippen molar-refractivity contribution in [3.05, 3.63) is 165 Å². The van der Waals surface area contributed by atoms with Crippen LogP contribution >= 0.6 is 7.92 Å². The van der Waals surface area contributed by atoms with E-state index in [0.29, 0.717) is 5.66 Å². The van der Waals surface area contributed by atoms with Gasteiger partial charge in [-0.2, -0.15) is 42.0 Å². The third-order valence-corrected chi connectivity index (χ3v) is 12.3. The van der Waals surface area contributed by atoms with Gasteiger partial charge in [0.15, 0.2) is 58.2 Å². The summed E-state index contributed by atoms with van der Waals surface area (Å²) < 4.78 is 142. The van der Waals surface area contributed by atoms with Gasteiger partial charge in [0.25, 0.3) is 0 Å². The molecule has 0 heterocycles. The van der Waals surface area contributed by atoms with Crippen LogP contribution in [0, 0.1) is 70.3 Å². The molecule has 0 nitrogen and oxygen atoms in total. The fourth-order valence-corrected chi connectivity index (χ4v) is 9.49. The van der Waals surface area contributed by atoms with Crippen molar-refractivity contribution >= 4 is 25.6 Å². The van der Waals surface area contributed by atoms with Crippen LogP contribution in [0.1, 0.15) is 54.5 Å². The van der Waals surface area contributed by atoms with Crippen molar-refractivity contribution in [1.29, 1.82) is 0 Å². The zero-order chi connectivity index (χ0) is 36.9. The average molecular weight is 818 g/mol. The van der Waals surface area contributed by atoms with E-state index in [1.54, 1.807) is 0 Å². The normalized spacial score (nSPS) is 15.3. The molecule has 0 fully saturated rings. The predicted octanol–water partition coefficient (Wildman–Crippen LogP) is 10.2. The Morgan fingerprint density at radius 3 is 1.54 bits per heavy atom. The van der Waals surface area contributed by atoms with Crippen LogP contribution < -0.4 is 10.9 Å². The SMILES string of the molecule is CC1=[C-]c2ccccc2C1B(c1c(F)c(F)c(F)c(F)c1F)c1c(F)c(F)c(F)c(F)c1F.CCP(CC)C1c2[c-]cccc2-c2ccccc21.[Zr+2]. The first-order valence-corrected chi connectivity index (χ1v) is 17.7. The Morgan fingerprint density at radius 1 is 0.577 bits per heavy atom. The second kappa shape index (κ2) is 15.9. The predicted molar refractivity (Wildman–Crippen MR) is 179 cm³/mol. The molecule has 52 heavy (non-hydrogen) atoms. The molecule has 2 aliphatic rings. The Bertz CT molecular complexity index is 2030. The molecule has 0 aliphatic heterocycles. The molecule has 0 amide bonds. The molecule has 7 rings (SSSR count). The molecule has 5 aromatic carbocycles. The number of allylic oxidation sites excluding steroid dienone is 1. The van der Waals surface area contributed by atoms with Crippen LogP contribution in [0.4, 0.5) is 43.9 Å². The summed E-state index contributed by atoms with van der Waals surface area (Å²) in [6.07, 6.45) is 5.33. The number of hydrogen-bond acceptors (Lipinski definition) is 0. The van der Waals surface area contributed by atoms with Gasteiger partial charge >= 0.3 is 26.2 Å². The van der Waals surface area contributed by atoms with E-state index in [1.807, 2.05) is 0 Å². The van der Waals surface area contributed by atoms with Crippen molar-refractivity contribution in [3.63, 3.8) is 0 Å². The fraction of sp³-hybridized carbons (Fsp3) is 0.179. The molecular formula is C39H26BF10PZr. The van der Waals surface area contributed by atoms with Gasteiger partial charge in [0.2, 0.25) is 6.71 Å². The molecule has 0 bridgehead atoms. The van der Waals surface area contributed by atoms with Gasteiger partial charge in [-0.15, -0.1) is 34.4 Å². The van der Waals surface area contributed by atoms with Gasteiger partial charge in [-0.05, 0) is 17.9 Å². The van der Waals surface area contributed by atoms with E-state index in [1.165, 1.54) is 65.8 Å². The van der Waals surface area contributed by atoms with Crippen LogP contribution in [0.15, 0.2) is 72.3 Å². The smallest absolute Gasteiger partial charge is 0.204 e. The molecule has 264 valence electrons. The van der Waals surface area contributed by atoms with Crippen LogP contribution in [0.3, 0.4) is 0 Å². The van der Waals surface area contributed by atoms with Crippen molar-refractivity contribution in [2.45, 2.75) is 32.2 Å². The van der Waals surface area contributed by atoms with Crippen LogP contribution in [0.25, 0.3) is 11.1 Å². The summed E-state index contributed by atoms with van der Waals surface area (Å²) in [5, 5.41) is 0. The van der Waals surface area contributed by atoms with Crippen LogP contribution in [0.2, 0.25) is 0 Å². The van der Waals surface area contributed by atoms with E-state index in [0.717, 1.165) is 0 Å². The largest absolute Gasteiger partial charge is 2.00 e. The van der Waals surface area contributed by atoms with Gasteiger partial charge in [-0.1, -0.05) is 70.4 Å². The van der Waals surface area contributed by atoms with Crippen molar-refractivity contribution in [1.82, 2.24) is 0 Å². The quantitative estimate of drug-likeness (QED) is 0.0400. The average Bonchev–Trinajstić information content (AvgIpc) is 3.66. The van der Waals surface area contributed by atoms with Crippen LogP contribution in [0.5, 0.6) is 0 Å². The topological polar surface area (TPSA) is 0 Å². The first kappa shape index (κ1) is 39.7. The molecule has 0 spiro atoms. The van der Waals surface area contributed by atoms with Crippen molar-refractivity contribution < 1.29 is 70.1 Å². The Balaban J connectivity index is 0.000000232. The molecular weight excluding hydrogens is 791 g/mol. The molecule has 2 aliphatic carbocycles. The molecule has 0 saturated heterocycles. The van der Waals surface area contributed by atoms with Crippen LogP contribution in [-0.4, -0.2) is 19.0 Å². The minimum atomic E-state index is -2.55. The van der Waals surface area contributed by atoms with E-state index < -0.39 is 81.6 Å². The second-order valence-corrected chi connectivity index (χ2v) is 15.0. The van der Waals surface area contributed by atoms with Gasteiger partial charge in [-0.3, -0.25) is 0 Å². The summed E-state index contributed by atoms with van der Waals surface area (Å²) in [5.74, 6) is -26.2. The summed E-state index contributed by atoms with van der Waals surface area (Å²) >= 11 is 0. The molecule has 2 atom stereocenters. The zero-order valence-electron chi connectivity index (χ0n) is 27.7. The maximum Gasteiger partial charge on any atom is 2.00 e. The molecule has 0 aromatic heterocycles. The van der Waals surface area contributed by atoms with E-state index in [-0.39, 0.29) is 50.8 Å². The minimum Gasteiger partial charge on any atom is -0.204 e. The third-order valence-electron chi connectivity index (χ3n) is 9.42. The number of rotatable bonds is 6. The first-order chi connectivity index (χ1) is 24.3. The molecule has 13 heteroatoms. The van der Waals surface area contributed by atoms with Crippen molar-refractivity contribution in [2.24, 2.45) is 0 Å². The summed E-state index contributed by atoms with van der Waals surface area (Å²) in [7, 11) is 0.0382.